The fraction of sp³-hybridized carbons (Fsp3) is 0.833. The van der Waals surface area contributed by atoms with Gasteiger partial charge in [0, 0.05) is 6.54 Å². The standard InChI is InChI=1S/C12H25NO2S/c1-6-12(5,10-13-7-2)8-9-16(14,15)11(3)4/h6,11,13H,1,7-10H2,2-5H3. The Morgan fingerprint density at radius 1 is 1.44 bits per heavy atom. The summed E-state index contributed by atoms with van der Waals surface area (Å²) in [6.45, 7) is 13.0. The van der Waals surface area contributed by atoms with Crippen LogP contribution in [0.15, 0.2) is 12.7 Å². The van der Waals surface area contributed by atoms with Crippen molar-refractivity contribution in [1.82, 2.24) is 5.32 Å². The highest BCUT2D eigenvalue weighted by Gasteiger charge is 2.24. The smallest absolute Gasteiger partial charge is 0.152 e. The highest BCUT2D eigenvalue weighted by Crippen LogP contribution is 2.23. The van der Waals surface area contributed by atoms with Crippen LogP contribution in [0.25, 0.3) is 0 Å². The minimum absolute atomic E-state index is 0.141. The van der Waals surface area contributed by atoms with Crippen LogP contribution < -0.4 is 5.32 Å². The molecule has 0 fully saturated rings. The molecule has 0 aliphatic heterocycles. The van der Waals surface area contributed by atoms with Gasteiger partial charge in [-0.05, 0) is 32.2 Å². The summed E-state index contributed by atoms with van der Waals surface area (Å²) in [5.41, 5.74) is -0.141. The molecule has 0 aliphatic carbocycles. The molecule has 0 spiro atoms. The van der Waals surface area contributed by atoms with E-state index < -0.39 is 9.84 Å². The lowest BCUT2D eigenvalue weighted by atomic mass is 9.88. The molecule has 0 aromatic heterocycles. The Kier molecular flexibility index (Phi) is 6.26. The van der Waals surface area contributed by atoms with Gasteiger partial charge in [0.05, 0.1) is 11.0 Å². The SMILES string of the molecule is C=CC(C)(CCS(=O)(=O)C(C)C)CNCC. The maximum atomic E-state index is 11.7. The Hall–Kier alpha value is -0.350. The number of rotatable bonds is 8. The van der Waals surface area contributed by atoms with Crippen molar-refractivity contribution < 1.29 is 8.42 Å². The molecule has 0 aromatic rings. The van der Waals surface area contributed by atoms with Crippen LogP contribution in [-0.2, 0) is 9.84 Å². The molecule has 3 nitrogen and oxygen atoms in total. The van der Waals surface area contributed by atoms with Gasteiger partial charge in [0.2, 0.25) is 0 Å². The van der Waals surface area contributed by atoms with E-state index >= 15 is 0 Å². The second-order valence-electron chi connectivity index (χ2n) is 4.80. The molecule has 0 saturated heterocycles. The number of hydrogen-bond donors (Lipinski definition) is 1. The summed E-state index contributed by atoms with van der Waals surface area (Å²) in [4.78, 5) is 0. The maximum Gasteiger partial charge on any atom is 0.152 e. The van der Waals surface area contributed by atoms with E-state index in [2.05, 4.69) is 11.9 Å². The minimum atomic E-state index is -2.94. The molecule has 0 rings (SSSR count). The first kappa shape index (κ1) is 15.7. The van der Waals surface area contributed by atoms with Gasteiger partial charge in [-0.3, -0.25) is 0 Å². The van der Waals surface area contributed by atoms with Crippen LogP contribution >= 0.6 is 0 Å². The molecular formula is C12H25NO2S. The van der Waals surface area contributed by atoms with Gasteiger partial charge in [-0.1, -0.05) is 19.9 Å². The van der Waals surface area contributed by atoms with Crippen LogP contribution in [0.3, 0.4) is 0 Å². The Labute approximate surface area is 100 Å². The van der Waals surface area contributed by atoms with E-state index in [9.17, 15) is 8.42 Å². The van der Waals surface area contributed by atoms with Gasteiger partial charge in [0.1, 0.15) is 0 Å². The van der Waals surface area contributed by atoms with E-state index in [1.165, 1.54) is 0 Å². The molecule has 0 bridgehead atoms. The third kappa shape index (κ3) is 5.12. The summed E-state index contributed by atoms with van der Waals surface area (Å²) in [6, 6.07) is 0. The van der Waals surface area contributed by atoms with Crippen LogP contribution in [-0.4, -0.2) is 32.5 Å². The molecule has 1 N–H and O–H groups in total. The van der Waals surface area contributed by atoms with E-state index in [1.807, 2.05) is 19.9 Å². The van der Waals surface area contributed by atoms with Gasteiger partial charge in [-0.25, -0.2) is 8.42 Å². The minimum Gasteiger partial charge on any atom is -0.316 e. The zero-order chi connectivity index (χ0) is 12.8. The normalized spacial score (nSPS) is 16.1. The average molecular weight is 247 g/mol. The molecule has 0 amide bonds. The third-order valence-electron chi connectivity index (χ3n) is 2.95. The molecule has 0 saturated carbocycles. The Balaban J connectivity index is 4.40. The largest absolute Gasteiger partial charge is 0.316 e. The van der Waals surface area contributed by atoms with E-state index in [-0.39, 0.29) is 16.4 Å². The predicted molar refractivity (Wildman–Crippen MR) is 70.4 cm³/mol. The third-order valence-corrected chi connectivity index (χ3v) is 5.16. The van der Waals surface area contributed by atoms with E-state index in [1.54, 1.807) is 13.8 Å². The van der Waals surface area contributed by atoms with Crippen molar-refractivity contribution in [3.8, 4) is 0 Å². The van der Waals surface area contributed by atoms with Crippen molar-refractivity contribution in [2.75, 3.05) is 18.8 Å². The van der Waals surface area contributed by atoms with E-state index in [4.69, 9.17) is 0 Å². The Morgan fingerprint density at radius 3 is 2.38 bits per heavy atom. The second-order valence-corrected chi connectivity index (χ2v) is 7.48. The summed E-state index contributed by atoms with van der Waals surface area (Å²) in [7, 11) is -2.94. The lowest BCUT2D eigenvalue weighted by Crippen LogP contribution is -2.32. The molecule has 96 valence electrons. The van der Waals surface area contributed by atoms with E-state index in [0.717, 1.165) is 13.1 Å². The van der Waals surface area contributed by atoms with Crippen LogP contribution in [0.5, 0.6) is 0 Å². The summed E-state index contributed by atoms with van der Waals surface area (Å²) in [5.74, 6) is 0.235. The van der Waals surface area contributed by atoms with Gasteiger partial charge in [0.15, 0.2) is 9.84 Å². The summed E-state index contributed by atoms with van der Waals surface area (Å²) in [5, 5.41) is 2.95. The first-order valence-corrected chi connectivity index (χ1v) is 7.55. The Bertz CT molecular complexity index is 309. The molecule has 1 unspecified atom stereocenters. The first-order chi connectivity index (χ1) is 7.27. The van der Waals surface area contributed by atoms with Crippen LogP contribution in [0.2, 0.25) is 0 Å². The molecule has 4 heteroatoms. The lowest BCUT2D eigenvalue weighted by molar-refractivity contribution is 0.384. The summed E-state index contributed by atoms with van der Waals surface area (Å²) >= 11 is 0. The molecule has 16 heavy (non-hydrogen) atoms. The average Bonchev–Trinajstić information content (AvgIpc) is 2.23. The zero-order valence-corrected chi connectivity index (χ0v) is 11.7. The number of hydrogen-bond acceptors (Lipinski definition) is 3. The van der Waals surface area contributed by atoms with Crippen molar-refractivity contribution >= 4 is 9.84 Å². The van der Waals surface area contributed by atoms with Crippen molar-refractivity contribution in [2.45, 2.75) is 39.4 Å². The quantitative estimate of drug-likeness (QED) is 0.667. The van der Waals surface area contributed by atoms with Crippen LogP contribution in [0.4, 0.5) is 0 Å². The molecule has 0 aliphatic rings. The van der Waals surface area contributed by atoms with Crippen molar-refractivity contribution in [1.29, 1.82) is 0 Å². The summed E-state index contributed by atoms with van der Waals surface area (Å²) in [6.07, 6.45) is 2.48. The van der Waals surface area contributed by atoms with Gasteiger partial charge < -0.3 is 5.32 Å². The van der Waals surface area contributed by atoms with Crippen LogP contribution in [0.1, 0.15) is 34.1 Å². The van der Waals surface area contributed by atoms with Gasteiger partial charge >= 0.3 is 0 Å². The molecule has 0 heterocycles. The maximum absolute atomic E-state index is 11.7. The van der Waals surface area contributed by atoms with E-state index in [0.29, 0.717) is 6.42 Å². The lowest BCUT2D eigenvalue weighted by Gasteiger charge is -2.26. The van der Waals surface area contributed by atoms with Crippen molar-refractivity contribution in [3.05, 3.63) is 12.7 Å². The van der Waals surface area contributed by atoms with Crippen LogP contribution in [0, 0.1) is 5.41 Å². The molecule has 1 atom stereocenters. The topological polar surface area (TPSA) is 46.2 Å². The number of nitrogens with one attached hydrogen (secondary N) is 1. The first-order valence-electron chi connectivity index (χ1n) is 5.83. The van der Waals surface area contributed by atoms with Gasteiger partial charge in [0.25, 0.3) is 0 Å². The fourth-order valence-electron chi connectivity index (χ4n) is 1.28. The monoisotopic (exact) mass is 247 g/mol. The highest BCUT2D eigenvalue weighted by atomic mass is 32.2. The fourth-order valence-corrected chi connectivity index (χ4v) is 2.51. The zero-order valence-electron chi connectivity index (χ0n) is 10.9. The van der Waals surface area contributed by atoms with Crippen molar-refractivity contribution in [3.63, 3.8) is 0 Å². The van der Waals surface area contributed by atoms with Gasteiger partial charge in [-0.15, -0.1) is 6.58 Å². The molecular weight excluding hydrogens is 222 g/mol. The Morgan fingerprint density at radius 2 is 2.00 bits per heavy atom. The number of sulfone groups is 1. The molecule has 0 aromatic carbocycles. The van der Waals surface area contributed by atoms with Gasteiger partial charge in [-0.2, -0.15) is 0 Å². The van der Waals surface area contributed by atoms with Crippen molar-refractivity contribution in [2.24, 2.45) is 5.41 Å². The summed E-state index contributed by atoms with van der Waals surface area (Å²) < 4.78 is 23.4. The molecule has 0 radical (unpaired) electrons. The highest BCUT2D eigenvalue weighted by molar-refractivity contribution is 7.91. The predicted octanol–water partition coefficient (Wildman–Crippen LogP) is 2.00. The second kappa shape index (κ2) is 6.40.